The minimum atomic E-state index is -1.01. The molecule has 2 N–H and O–H groups in total. The third-order valence-electron chi connectivity index (χ3n) is 2.56. The molecular formula is C16H17NO3. The Morgan fingerprint density at radius 2 is 2.15 bits per heavy atom. The number of benzene rings is 1. The summed E-state index contributed by atoms with van der Waals surface area (Å²) < 4.78 is 0. The van der Waals surface area contributed by atoms with Crippen molar-refractivity contribution in [2.45, 2.75) is 25.7 Å². The molecule has 0 aromatic heterocycles. The molecule has 1 aromatic rings. The SMILES string of the molecule is C#CCCCCC(=O)Nc1cccc(/C=C/C(=O)O)c1. The van der Waals surface area contributed by atoms with Crippen LogP contribution in [0.25, 0.3) is 6.08 Å². The molecule has 0 unspecified atom stereocenters. The number of hydrogen-bond donors (Lipinski definition) is 2. The van der Waals surface area contributed by atoms with Crippen LogP contribution in [0.5, 0.6) is 0 Å². The molecule has 4 nitrogen and oxygen atoms in total. The summed E-state index contributed by atoms with van der Waals surface area (Å²) in [6, 6.07) is 7.01. The Morgan fingerprint density at radius 1 is 1.35 bits per heavy atom. The summed E-state index contributed by atoms with van der Waals surface area (Å²) in [7, 11) is 0. The lowest BCUT2D eigenvalue weighted by molar-refractivity contribution is -0.131. The molecule has 0 aliphatic heterocycles. The highest BCUT2D eigenvalue weighted by atomic mass is 16.4. The van der Waals surface area contributed by atoms with Crippen LogP contribution < -0.4 is 5.32 Å². The molecular weight excluding hydrogens is 254 g/mol. The van der Waals surface area contributed by atoms with Crippen LogP contribution in [-0.4, -0.2) is 17.0 Å². The van der Waals surface area contributed by atoms with E-state index in [1.165, 1.54) is 6.08 Å². The van der Waals surface area contributed by atoms with Crippen molar-refractivity contribution in [3.63, 3.8) is 0 Å². The second-order valence-electron chi connectivity index (χ2n) is 4.26. The van der Waals surface area contributed by atoms with Gasteiger partial charge in [0.05, 0.1) is 0 Å². The van der Waals surface area contributed by atoms with Gasteiger partial charge < -0.3 is 10.4 Å². The Balaban J connectivity index is 2.51. The van der Waals surface area contributed by atoms with Gasteiger partial charge in [0.2, 0.25) is 5.91 Å². The Kier molecular flexibility index (Phi) is 6.63. The molecule has 0 atom stereocenters. The number of nitrogens with one attached hydrogen (secondary N) is 1. The van der Waals surface area contributed by atoms with Crippen molar-refractivity contribution < 1.29 is 14.7 Å². The number of terminal acetylenes is 1. The fourth-order valence-corrected chi connectivity index (χ4v) is 1.62. The van der Waals surface area contributed by atoms with Gasteiger partial charge >= 0.3 is 5.97 Å². The van der Waals surface area contributed by atoms with Gasteiger partial charge in [-0.2, -0.15) is 0 Å². The average Bonchev–Trinajstić information content (AvgIpc) is 2.42. The van der Waals surface area contributed by atoms with Crippen LogP contribution in [-0.2, 0) is 9.59 Å². The Morgan fingerprint density at radius 3 is 2.85 bits per heavy atom. The molecule has 0 bridgehead atoms. The molecule has 0 spiro atoms. The van der Waals surface area contributed by atoms with Crippen molar-refractivity contribution in [3.8, 4) is 12.3 Å². The molecule has 0 aliphatic rings. The lowest BCUT2D eigenvalue weighted by atomic mass is 10.1. The summed E-state index contributed by atoms with van der Waals surface area (Å²) in [6.07, 6.45) is 10.4. The van der Waals surface area contributed by atoms with E-state index < -0.39 is 5.97 Å². The largest absolute Gasteiger partial charge is 0.478 e. The highest BCUT2D eigenvalue weighted by molar-refractivity contribution is 5.91. The molecule has 0 saturated carbocycles. The van der Waals surface area contributed by atoms with E-state index >= 15 is 0 Å². The van der Waals surface area contributed by atoms with E-state index in [2.05, 4.69) is 11.2 Å². The zero-order valence-electron chi connectivity index (χ0n) is 11.1. The van der Waals surface area contributed by atoms with Gasteiger partial charge in [0, 0.05) is 24.6 Å². The van der Waals surface area contributed by atoms with E-state index in [0.29, 0.717) is 18.5 Å². The second kappa shape index (κ2) is 8.54. The fourth-order valence-electron chi connectivity index (χ4n) is 1.62. The first-order chi connectivity index (χ1) is 9.61. The summed E-state index contributed by atoms with van der Waals surface area (Å²) in [5.74, 6) is 1.46. The molecule has 1 aromatic carbocycles. The minimum Gasteiger partial charge on any atom is -0.478 e. The first-order valence-corrected chi connectivity index (χ1v) is 6.36. The van der Waals surface area contributed by atoms with Crippen molar-refractivity contribution in [3.05, 3.63) is 35.9 Å². The summed E-state index contributed by atoms with van der Waals surface area (Å²) in [5, 5.41) is 11.3. The molecule has 1 amide bonds. The highest BCUT2D eigenvalue weighted by Gasteiger charge is 2.02. The predicted octanol–water partition coefficient (Wildman–Crippen LogP) is 2.92. The molecule has 0 saturated heterocycles. The molecule has 0 fully saturated rings. The molecule has 104 valence electrons. The van der Waals surface area contributed by atoms with Crippen molar-refractivity contribution in [2.24, 2.45) is 0 Å². The van der Waals surface area contributed by atoms with E-state index in [1.54, 1.807) is 24.3 Å². The fraction of sp³-hybridized carbons (Fsp3) is 0.250. The van der Waals surface area contributed by atoms with E-state index in [9.17, 15) is 9.59 Å². The van der Waals surface area contributed by atoms with Crippen molar-refractivity contribution >= 4 is 23.6 Å². The smallest absolute Gasteiger partial charge is 0.328 e. The van der Waals surface area contributed by atoms with E-state index in [-0.39, 0.29) is 5.91 Å². The molecule has 0 heterocycles. The van der Waals surface area contributed by atoms with Gasteiger partial charge in [-0.25, -0.2) is 4.79 Å². The number of amides is 1. The van der Waals surface area contributed by atoms with Gasteiger partial charge in [-0.1, -0.05) is 12.1 Å². The average molecular weight is 271 g/mol. The quantitative estimate of drug-likeness (QED) is 0.455. The van der Waals surface area contributed by atoms with Crippen LogP contribution in [0, 0.1) is 12.3 Å². The minimum absolute atomic E-state index is 0.0682. The summed E-state index contributed by atoms with van der Waals surface area (Å²) in [4.78, 5) is 22.1. The maximum atomic E-state index is 11.7. The number of carboxylic acid groups (broad SMARTS) is 1. The molecule has 20 heavy (non-hydrogen) atoms. The summed E-state index contributed by atoms with van der Waals surface area (Å²) in [6.45, 7) is 0. The number of aliphatic carboxylic acids is 1. The van der Waals surface area contributed by atoms with Gasteiger partial charge in [-0.05, 0) is 36.6 Å². The monoisotopic (exact) mass is 271 g/mol. The second-order valence-corrected chi connectivity index (χ2v) is 4.26. The maximum absolute atomic E-state index is 11.7. The highest BCUT2D eigenvalue weighted by Crippen LogP contribution is 2.13. The van der Waals surface area contributed by atoms with Gasteiger partial charge in [0.1, 0.15) is 0 Å². The Hall–Kier alpha value is -2.54. The first kappa shape index (κ1) is 15.5. The predicted molar refractivity (Wildman–Crippen MR) is 79.0 cm³/mol. The Bertz CT molecular complexity index is 541. The van der Waals surface area contributed by atoms with E-state index in [4.69, 9.17) is 11.5 Å². The number of carboxylic acids is 1. The molecule has 1 rings (SSSR count). The zero-order chi connectivity index (χ0) is 14.8. The van der Waals surface area contributed by atoms with Crippen LogP contribution in [0.2, 0.25) is 0 Å². The summed E-state index contributed by atoms with van der Waals surface area (Å²) >= 11 is 0. The van der Waals surface area contributed by atoms with Gasteiger partial charge in [0.25, 0.3) is 0 Å². The standard InChI is InChI=1S/C16H17NO3/c1-2-3-4-5-9-15(18)17-14-8-6-7-13(12-14)10-11-16(19)20/h1,6-8,10-12H,3-5,9H2,(H,17,18)(H,19,20)/b11-10+. The molecule has 4 heteroatoms. The number of anilines is 1. The lowest BCUT2D eigenvalue weighted by Crippen LogP contribution is -2.10. The van der Waals surface area contributed by atoms with Crippen LogP contribution in [0.3, 0.4) is 0 Å². The lowest BCUT2D eigenvalue weighted by Gasteiger charge is -2.05. The zero-order valence-corrected chi connectivity index (χ0v) is 11.1. The number of carbonyl (C=O) groups is 2. The third-order valence-corrected chi connectivity index (χ3v) is 2.56. The van der Waals surface area contributed by atoms with Crippen LogP contribution in [0.1, 0.15) is 31.2 Å². The van der Waals surface area contributed by atoms with Crippen molar-refractivity contribution in [1.29, 1.82) is 0 Å². The van der Waals surface area contributed by atoms with E-state index in [1.807, 2.05) is 0 Å². The van der Waals surface area contributed by atoms with E-state index in [0.717, 1.165) is 24.5 Å². The molecule has 0 aliphatic carbocycles. The van der Waals surface area contributed by atoms with Crippen molar-refractivity contribution in [1.82, 2.24) is 0 Å². The normalized spacial score (nSPS) is 10.2. The van der Waals surface area contributed by atoms with Crippen molar-refractivity contribution in [2.75, 3.05) is 5.32 Å². The number of carbonyl (C=O) groups excluding carboxylic acids is 1. The maximum Gasteiger partial charge on any atom is 0.328 e. The molecule has 0 radical (unpaired) electrons. The van der Waals surface area contributed by atoms with Gasteiger partial charge in [0.15, 0.2) is 0 Å². The topological polar surface area (TPSA) is 66.4 Å². The van der Waals surface area contributed by atoms with Crippen LogP contribution in [0.4, 0.5) is 5.69 Å². The summed E-state index contributed by atoms with van der Waals surface area (Å²) in [5.41, 5.74) is 1.37. The van der Waals surface area contributed by atoms with Gasteiger partial charge in [-0.3, -0.25) is 4.79 Å². The number of unbranched alkanes of at least 4 members (excludes halogenated alkanes) is 2. The Labute approximate surface area is 118 Å². The first-order valence-electron chi connectivity index (χ1n) is 6.36. The number of rotatable bonds is 7. The van der Waals surface area contributed by atoms with Gasteiger partial charge in [-0.15, -0.1) is 12.3 Å². The van der Waals surface area contributed by atoms with Crippen LogP contribution in [0.15, 0.2) is 30.3 Å². The third kappa shape index (κ3) is 6.41. The van der Waals surface area contributed by atoms with Crippen LogP contribution >= 0.6 is 0 Å². The number of hydrogen-bond acceptors (Lipinski definition) is 2.